The second kappa shape index (κ2) is 5.48. The summed E-state index contributed by atoms with van der Waals surface area (Å²) >= 11 is 0. The molecule has 1 aromatic heterocycles. The van der Waals surface area contributed by atoms with Gasteiger partial charge in [-0.25, -0.2) is 25.4 Å². The van der Waals surface area contributed by atoms with Crippen molar-refractivity contribution in [1.29, 1.82) is 0 Å². The summed E-state index contributed by atoms with van der Waals surface area (Å²) in [5, 5.41) is 4.03. The van der Waals surface area contributed by atoms with Crippen LogP contribution in [-0.2, 0) is 20.0 Å². The first-order valence-corrected chi connectivity index (χ1v) is 11.9. The van der Waals surface area contributed by atoms with Crippen molar-refractivity contribution in [3.63, 3.8) is 0 Å². The van der Waals surface area contributed by atoms with Gasteiger partial charge in [0.25, 0.3) is 0 Å². The Labute approximate surface area is 147 Å². The smallest absolute Gasteiger partial charge is 0.231 e. The summed E-state index contributed by atoms with van der Waals surface area (Å²) in [5.74, 6) is 1.22. The molecule has 25 heavy (non-hydrogen) atoms. The first-order valence-electron chi connectivity index (χ1n) is 8.41. The maximum atomic E-state index is 12.1. The third-order valence-electron chi connectivity index (χ3n) is 5.52. The summed E-state index contributed by atoms with van der Waals surface area (Å²) < 4.78 is 56.5. The fourth-order valence-electron chi connectivity index (χ4n) is 3.77. The topological polar surface area (TPSA) is 114 Å². The van der Waals surface area contributed by atoms with Crippen molar-refractivity contribution in [2.45, 2.75) is 31.6 Å². The molecule has 2 saturated heterocycles. The van der Waals surface area contributed by atoms with Crippen molar-refractivity contribution in [2.75, 3.05) is 38.2 Å². The number of nitrogens with zero attached hydrogens (tertiary/aromatic N) is 4. The third kappa shape index (κ3) is 2.90. The average molecular weight is 390 g/mol. The lowest BCUT2D eigenvalue weighted by molar-refractivity contribution is 0.0594. The Morgan fingerprint density at radius 3 is 2.36 bits per heavy atom. The van der Waals surface area contributed by atoms with Gasteiger partial charge < -0.3 is 4.52 Å². The predicted octanol–water partition coefficient (Wildman–Crippen LogP) is -0.0425. The van der Waals surface area contributed by atoms with Gasteiger partial charge >= 0.3 is 0 Å². The first-order chi connectivity index (χ1) is 11.6. The van der Waals surface area contributed by atoms with Crippen LogP contribution in [0, 0.1) is 5.41 Å². The van der Waals surface area contributed by atoms with Crippen molar-refractivity contribution < 1.29 is 21.4 Å². The SMILES string of the molecule is CCS(=O)(=O)N1CC2(CN(S(C)(=O)=O)CC2c2nc(C3CC3)no2)C1. The van der Waals surface area contributed by atoms with Crippen molar-refractivity contribution in [3.05, 3.63) is 11.7 Å². The van der Waals surface area contributed by atoms with Crippen LogP contribution in [0.25, 0.3) is 0 Å². The molecule has 0 radical (unpaired) electrons. The summed E-state index contributed by atoms with van der Waals surface area (Å²) in [6, 6.07) is 0. The second-order valence-electron chi connectivity index (χ2n) is 7.40. The molecular formula is C14H22N4O5S2. The molecule has 0 amide bonds. The molecule has 1 aliphatic carbocycles. The van der Waals surface area contributed by atoms with Crippen LogP contribution in [0.5, 0.6) is 0 Å². The number of aromatic nitrogens is 2. The lowest BCUT2D eigenvalue weighted by atomic mass is 9.73. The quantitative estimate of drug-likeness (QED) is 0.693. The minimum Gasteiger partial charge on any atom is -0.339 e. The van der Waals surface area contributed by atoms with Gasteiger partial charge in [0.15, 0.2) is 5.82 Å². The Bertz CT molecular complexity index is 884. The molecule has 0 N–H and O–H groups in total. The molecule has 3 aliphatic rings. The molecule has 1 saturated carbocycles. The molecule has 140 valence electrons. The van der Waals surface area contributed by atoms with Crippen LogP contribution in [0.15, 0.2) is 4.52 Å². The highest BCUT2D eigenvalue weighted by Gasteiger charge is 2.60. The van der Waals surface area contributed by atoms with E-state index in [2.05, 4.69) is 10.1 Å². The van der Waals surface area contributed by atoms with Gasteiger partial charge in [0.2, 0.25) is 25.9 Å². The summed E-state index contributed by atoms with van der Waals surface area (Å²) in [4.78, 5) is 4.49. The highest BCUT2D eigenvalue weighted by atomic mass is 32.2. The van der Waals surface area contributed by atoms with Gasteiger partial charge in [-0.3, -0.25) is 0 Å². The van der Waals surface area contributed by atoms with E-state index in [0.29, 0.717) is 30.7 Å². The highest BCUT2D eigenvalue weighted by molar-refractivity contribution is 7.89. The molecule has 1 unspecified atom stereocenters. The minimum absolute atomic E-state index is 0.0376. The van der Waals surface area contributed by atoms with Crippen molar-refractivity contribution >= 4 is 20.0 Å². The minimum atomic E-state index is -3.37. The maximum absolute atomic E-state index is 12.1. The van der Waals surface area contributed by atoms with Crippen LogP contribution in [0.1, 0.15) is 43.3 Å². The van der Waals surface area contributed by atoms with Gasteiger partial charge in [0, 0.05) is 37.5 Å². The molecular weight excluding hydrogens is 368 g/mol. The lowest BCUT2D eigenvalue weighted by Crippen LogP contribution is -2.61. The summed E-state index contributed by atoms with van der Waals surface area (Å²) in [7, 11) is -6.65. The Hall–Kier alpha value is -1.04. The predicted molar refractivity (Wildman–Crippen MR) is 88.9 cm³/mol. The van der Waals surface area contributed by atoms with Gasteiger partial charge in [-0.1, -0.05) is 5.16 Å². The van der Waals surface area contributed by atoms with E-state index in [-0.39, 0.29) is 24.8 Å². The Morgan fingerprint density at radius 2 is 1.80 bits per heavy atom. The van der Waals surface area contributed by atoms with Crippen LogP contribution < -0.4 is 0 Å². The molecule has 0 bridgehead atoms. The van der Waals surface area contributed by atoms with E-state index in [1.165, 1.54) is 14.9 Å². The third-order valence-corrected chi connectivity index (χ3v) is 8.52. The van der Waals surface area contributed by atoms with E-state index in [9.17, 15) is 16.8 Å². The normalized spacial score (nSPS) is 27.7. The van der Waals surface area contributed by atoms with E-state index < -0.39 is 25.5 Å². The molecule has 3 fully saturated rings. The molecule has 11 heteroatoms. The Morgan fingerprint density at radius 1 is 1.16 bits per heavy atom. The van der Waals surface area contributed by atoms with Gasteiger partial charge in [-0.2, -0.15) is 4.98 Å². The zero-order valence-electron chi connectivity index (χ0n) is 14.3. The fraction of sp³-hybridized carbons (Fsp3) is 0.857. The van der Waals surface area contributed by atoms with Crippen LogP contribution in [0.4, 0.5) is 0 Å². The Kier molecular flexibility index (Phi) is 3.81. The van der Waals surface area contributed by atoms with Gasteiger partial charge in [0.05, 0.1) is 17.9 Å². The molecule has 9 nitrogen and oxygen atoms in total. The molecule has 3 heterocycles. The first kappa shape index (κ1) is 17.4. The monoisotopic (exact) mass is 390 g/mol. The van der Waals surface area contributed by atoms with E-state index in [4.69, 9.17) is 4.52 Å². The van der Waals surface area contributed by atoms with Crippen molar-refractivity contribution in [1.82, 2.24) is 18.8 Å². The number of rotatable bonds is 5. The van der Waals surface area contributed by atoms with Crippen LogP contribution in [0.3, 0.4) is 0 Å². The number of hydrogen-bond donors (Lipinski definition) is 0. The van der Waals surface area contributed by atoms with E-state index >= 15 is 0 Å². The molecule has 2 aliphatic heterocycles. The molecule has 0 aromatic carbocycles. The standard InChI is InChI=1S/C14H22N4O5S2/c1-3-25(21,22)18-8-14(9-18)7-17(24(2,19)20)6-11(14)13-15-12(16-23-13)10-4-5-10/h10-11H,3-9H2,1-2H3. The highest BCUT2D eigenvalue weighted by Crippen LogP contribution is 2.50. The average Bonchev–Trinajstić information content (AvgIpc) is 3.08. The van der Waals surface area contributed by atoms with E-state index in [0.717, 1.165) is 12.8 Å². The van der Waals surface area contributed by atoms with Gasteiger partial charge in [-0.15, -0.1) is 0 Å². The van der Waals surface area contributed by atoms with Crippen molar-refractivity contribution in [3.8, 4) is 0 Å². The molecule has 4 rings (SSSR count). The number of sulfonamides is 2. The van der Waals surface area contributed by atoms with Crippen LogP contribution in [0.2, 0.25) is 0 Å². The largest absolute Gasteiger partial charge is 0.339 e. The number of hydrogen-bond acceptors (Lipinski definition) is 7. The maximum Gasteiger partial charge on any atom is 0.231 e. The van der Waals surface area contributed by atoms with Crippen LogP contribution >= 0.6 is 0 Å². The lowest BCUT2D eigenvalue weighted by Gasteiger charge is -2.48. The zero-order valence-corrected chi connectivity index (χ0v) is 15.9. The van der Waals surface area contributed by atoms with Crippen LogP contribution in [-0.4, -0.2) is 73.8 Å². The van der Waals surface area contributed by atoms with Gasteiger partial charge in [-0.05, 0) is 19.8 Å². The Balaban J connectivity index is 1.63. The summed E-state index contributed by atoms with van der Waals surface area (Å²) in [6.45, 7) is 2.73. The van der Waals surface area contributed by atoms with Gasteiger partial charge in [0.1, 0.15) is 0 Å². The zero-order chi connectivity index (χ0) is 18.0. The van der Waals surface area contributed by atoms with Crippen molar-refractivity contribution in [2.24, 2.45) is 5.41 Å². The second-order valence-corrected chi connectivity index (χ2v) is 11.6. The molecule has 1 atom stereocenters. The summed E-state index contributed by atoms with van der Waals surface area (Å²) in [5.41, 5.74) is -0.487. The summed E-state index contributed by atoms with van der Waals surface area (Å²) in [6.07, 6.45) is 3.27. The van der Waals surface area contributed by atoms with E-state index in [1.54, 1.807) is 6.92 Å². The molecule has 1 aromatic rings. The molecule has 1 spiro atoms. The fourth-order valence-corrected chi connectivity index (χ4v) is 5.95. The van der Waals surface area contributed by atoms with E-state index in [1.807, 2.05) is 0 Å².